The molecule has 0 aliphatic rings. The van der Waals surface area contributed by atoms with Gasteiger partial charge in [-0.05, 0) is 24.0 Å². The SMILES string of the molecule is CCc1ccc(C(N)C(CC)C(=O)O)cc1. The summed E-state index contributed by atoms with van der Waals surface area (Å²) < 4.78 is 0. The molecule has 3 N–H and O–H groups in total. The van der Waals surface area contributed by atoms with E-state index in [4.69, 9.17) is 10.8 Å². The molecule has 1 aromatic rings. The van der Waals surface area contributed by atoms with E-state index in [-0.39, 0.29) is 0 Å². The van der Waals surface area contributed by atoms with Crippen LogP contribution in [0.4, 0.5) is 0 Å². The second-order valence-corrected chi connectivity index (χ2v) is 3.97. The highest BCUT2D eigenvalue weighted by molar-refractivity contribution is 5.71. The lowest BCUT2D eigenvalue weighted by Gasteiger charge is -2.19. The first-order valence-corrected chi connectivity index (χ1v) is 5.67. The Morgan fingerprint density at radius 2 is 1.88 bits per heavy atom. The van der Waals surface area contributed by atoms with Crippen molar-refractivity contribution in [3.8, 4) is 0 Å². The minimum absolute atomic E-state index is 0.423. The highest BCUT2D eigenvalue weighted by atomic mass is 16.4. The first-order valence-electron chi connectivity index (χ1n) is 5.67. The van der Waals surface area contributed by atoms with Crippen LogP contribution in [-0.2, 0) is 11.2 Å². The molecule has 0 aliphatic heterocycles. The molecule has 2 unspecified atom stereocenters. The average molecular weight is 221 g/mol. The zero-order chi connectivity index (χ0) is 12.1. The summed E-state index contributed by atoms with van der Waals surface area (Å²) in [6, 6.07) is 7.44. The molecule has 0 heterocycles. The third-order valence-corrected chi connectivity index (χ3v) is 2.96. The predicted octanol–water partition coefficient (Wildman–Crippen LogP) is 2.36. The molecule has 2 atom stereocenters. The molecule has 0 fully saturated rings. The highest BCUT2D eigenvalue weighted by Gasteiger charge is 2.24. The molecule has 0 aromatic heterocycles. The van der Waals surface area contributed by atoms with Crippen LogP contribution in [-0.4, -0.2) is 11.1 Å². The number of carbonyl (C=O) groups is 1. The van der Waals surface area contributed by atoms with Crippen molar-refractivity contribution < 1.29 is 9.90 Å². The maximum atomic E-state index is 11.0. The van der Waals surface area contributed by atoms with Crippen LogP contribution in [0.25, 0.3) is 0 Å². The van der Waals surface area contributed by atoms with Crippen molar-refractivity contribution >= 4 is 5.97 Å². The second-order valence-electron chi connectivity index (χ2n) is 3.97. The number of carboxylic acid groups (broad SMARTS) is 1. The Hall–Kier alpha value is -1.35. The molecule has 0 saturated heterocycles. The van der Waals surface area contributed by atoms with Gasteiger partial charge in [0.05, 0.1) is 5.92 Å². The van der Waals surface area contributed by atoms with Crippen LogP contribution >= 0.6 is 0 Å². The Labute approximate surface area is 96.3 Å². The normalized spacial score (nSPS) is 14.4. The maximum Gasteiger partial charge on any atom is 0.308 e. The lowest BCUT2D eigenvalue weighted by Crippen LogP contribution is -2.27. The van der Waals surface area contributed by atoms with Crippen molar-refractivity contribution in [1.82, 2.24) is 0 Å². The summed E-state index contributed by atoms with van der Waals surface area (Å²) in [6.07, 6.45) is 1.53. The van der Waals surface area contributed by atoms with Gasteiger partial charge in [0.1, 0.15) is 0 Å². The van der Waals surface area contributed by atoms with Gasteiger partial charge >= 0.3 is 5.97 Å². The monoisotopic (exact) mass is 221 g/mol. The molecule has 3 nitrogen and oxygen atoms in total. The minimum Gasteiger partial charge on any atom is -0.481 e. The lowest BCUT2D eigenvalue weighted by molar-refractivity contribution is -0.142. The fourth-order valence-corrected chi connectivity index (χ4v) is 1.79. The Balaban J connectivity index is 2.86. The molecule has 0 spiro atoms. The standard InChI is InChI=1S/C13H19NO2/c1-3-9-5-7-10(8-6-9)12(14)11(4-2)13(15)16/h5-8,11-12H,3-4,14H2,1-2H3,(H,15,16). The van der Waals surface area contributed by atoms with Crippen molar-refractivity contribution in [1.29, 1.82) is 0 Å². The van der Waals surface area contributed by atoms with E-state index >= 15 is 0 Å². The molecular formula is C13H19NO2. The number of aliphatic carboxylic acids is 1. The van der Waals surface area contributed by atoms with Gasteiger partial charge in [-0.15, -0.1) is 0 Å². The van der Waals surface area contributed by atoms with Gasteiger partial charge in [0.2, 0.25) is 0 Å². The van der Waals surface area contributed by atoms with Crippen LogP contribution in [0.1, 0.15) is 37.4 Å². The van der Waals surface area contributed by atoms with Gasteiger partial charge in [0, 0.05) is 6.04 Å². The molecule has 0 aliphatic carbocycles. The molecule has 0 saturated carbocycles. The number of hydrogen-bond acceptors (Lipinski definition) is 2. The van der Waals surface area contributed by atoms with Crippen LogP contribution in [0, 0.1) is 5.92 Å². The van der Waals surface area contributed by atoms with E-state index in [1.54, 1.807) is 0 Å². The van der Waals surface area contributed by atoms with Gasteiger partial charge in [-0.2, -0.15) is 0 Å². The topological polar surface area (TPSA) is 63.3 Å². The van der Waals surface area contributed by atoms with E-state index in [1.165, 1.54) is 5.56 Å². The molecule has 0 amide bonds. The second kappa shape index (κ2) is 5.66. The Morgan fingerprint density at radius 1 is 1.31 bits per heavy atom. The summed E-state index contributed by atoms with van der Waals surface area (Å²) in [5.41, 5.74) is 8.09. The fourth-order valence-electron chi connectivity index (χ4n) is 1.79. The van der Waals surface area contributed by atoms with Gasteiger partial charge in [-0.3, -0.25) is 4.79 Å². The van der Waals surface area contributed by atoms with E-state index < -0.39 is 17.9 Å². The molecule has 0 bridgehead atoms. The Bertz CT molecular complexity index is 345. The van der Waals surface area contributed by atoms with E-state index in [1.807, 2.05) is 31.2 Å². The molecule has 1 rings (SSSR count). The molecule has 1 aromatic carbocycles. The molecule has 3 heteroatoms. The number of carboxylic acids is 1. The van der Waals surface area contributed by atoms with Crippen LogP contribution in [0.3, 0.4) is 0 Å². The molecule has 16 heavy (non-hydrogen) atoms. The van der Waals surface area contributed by atoms with Gasteiger partial charge < -0.3 is 10.8 Å². The lowest BCUT2D eigenvalue weighted by atomic mass is 9.91. The number of hydrogen-bond donors (Lipinski definition) is 2. The van der Waals surface area contributed by atoms with E-state index in [0.717, 1.165) is 12.0 Å². The molecule has 0 radical (unpaired) electrons. The van der Waals surface area contributed by atoms with Gasteiger partial charge in [-0.1, -0.05) is 38.1 Å². The summed E-state index contributed by atoms with van der Waals surface area (Å²) in [4.78, 5) is 11.0. The minimum atomic E-state index is -0.824. The first-order chi connectivity index (χ1) is 7.60. The number of benzene rings is 1. The largest absolute Gasteiger partial charge is 0.481 e. The Kier molecular flexibility index (Phi) is 4.50. The van der Waals surface area contributed by atoms with E-state index in [2.05, 4.69) is 6.92 Å². The van der Waals surface area contributed by atoms with Crippen LogP contribution in [0.5, 0.6) is 0 Å². The number of aryl methyl sites for hydroxylation is 1. The number of nitrogens with two attached hydrogens (primary N) is 1. The Morgan fingerprint density at radius 3 is 2.25 bits per heavy atom. The highest BCUT2D eigenvalue weighted by Crippen LogP contribution is 2.22. The third-order valence-electron chi connectivity index (χ3n) is 2.96. The first kappa shape index (κ1) is 12.7. The van der Waals surface area contributed by atoms with Crippen molar-refractivity contribution in [3.63, 3.8) is 0 Å². The van der Waals surface area contributed by atoms with Gasteiger partial charge in [0.25, 0.3) is 0 Å². The zero-order valence-corrected chi connectivity index (χ0v) is 9.81. The van der Waals surface area contributed by atoms with Crippen molar-refractivity contribution in [2.45, 2.75) is 32.7 Å². The molecule has 88 valence electrons. The van der Waals surface area contributed by atoms with E-state index in [0.29, 0.717) is 6.42 Å². The van der Waals surface area contributed by atoms with Crippen molar-refractivity contribution in [2.75, 3.05) is 0 Å². The molecular weight excluding hydrogens is 202 g/mol. The fraction of sp³-hybridized carbons (Fsp3) is 0.462. The predicted molar refractivity (Wildman–Crippen MR) is 64.2 cm³/mol. The summed E-state index contributed by atoms with van der Waals surface area (Å²) in [5.74, 6) is -1.33. The summed E-state index contributed by atoms with van der Waals surface area (Å²) in [7, 11) is 0. The third kappa shape index (κ3) is 2.83. The van der Waals surface area contributed by atoms with Gasteiger partial charge in [-0.25, -0.2) is 0 Å². The maximum absolute atomic E-state index is 11.0. The van der Waals surface area contributed by atoms with Crippen LogP contribution < -0.4 is 5.73 Å². The van der Waals surface area contributed by atoms with Gasteiger partial charge in [0.15, 0.2) is 0 Å². The number of rotatable bonds is 5. The smallest absolute Gasteiger partial charge is 0.308 e. The van der Waals surface area contributed by atoms with Crippen LogP contribution in [0.2, 0.25) is 0 Å². The average Bonchev–Trinajstić information content (AvgIpc) is 2.29. The van der Waals surface area contributed by atoms with Crippen LogP contribution in [0.15, 0.2) is 24.3 Å². The van der Waals surface area contributed by atoms with Crippen molar-refractivity contribution in [3.05, 3.63) is 35.4 Å². The summed E-state index contributed by atoms with van der Waals surface area (Å²) in [6.45, 7) is 3.93. The van der Waals surface area contributed by atoms with Crippen molar-refractivity contribution in [2.24, 2.45) is 11.7 Å². The quantitative estimate of drug-likeness (QED) is 0.802. The zero-order valence-electron chi connectivity index (χ0n) is 9.81. The van der Waals surface area contributed by atoms with E-state index in [9.17, 15) is 4.79 Å². The summed E-state index contributed by atoms with van der Waals surface area (Å²) >= 11 is 0. The summed E-state index contributed by atoms with van der Waals surface area (Å²) in [5, 5.41) is 9.03.